The summed E-state index contributed by atoms with van der Waals surface area (Å²) in [6.07, 6.45) is 5.15. The summed E-state index contributed by atoms with van der Waals surface area (Å²) in [5.74, 6) is 0.311. The molecule has 0 aromatic heterocycles. The highest BCUT2D eigenvalue weighted by Crippen LogP contribution is 2.05. The van der Waals surface area contributed by atoms with Gasteiger partial charge in [-0.15, -0.1) is 0 Å². The van der Waals surface area contributed by atoms with E-state index >= 15 is 0 Å². The monoisotopic (exact) mass is 236 g/mol. The van der Waals surface area contributed by atoms with E-state index in [9.17, 15) is 0 Å². The molecule has 0 aromatic rings. The first-order valence-electron chi connectivity index (χ1n) is 2.37. The quantitative estimate of drug-likeness (QED) is 0.560. The van der Waals surface area contributed by atoms with Crippen molar-refractivity contribution in [2.24, 2.45) is 11.5 Å². The second-order valence-electron chi connectivity index (χ2n) is 1.42. The lowest BCUT2D eigenvalue weighted by Crippen LogP contribution is -2.06. The Morgan fingerprint density at radius 2 is 1.89 bits per heavy atom. The minimum atomic E-state index is 0.311. The van der Waals surface area contributed by atoms with Crippen molar-refractivity contribution in [2.75, 3.05) is 0 Å². The molecule has 0 spiro atoms. The Labute approximate surface area is 68.4 Å². The van der Waals surface area contributed by atoms with Gasteiger partial charge in [-0.3, -0.25) is 0 Å². The van der Waals surface area contributed by atoms with Crippen molar-refractivity contribution >= 4 is 22.6 Å². The number of hydrogen-bond acceptors (Lipinski definition) is 2. The minimum Gasteiger partial charge on any atom is -0.386 e. The van der Waals surface area contributed by atoms with Gasteiger partial charge in [0.25, 0.3) is 0 Å². The maximum Gasteiger partial charge on any atom is 0.0933 e. The molecule has 0 aliphatic carbocycles. The normalized spacial score (nSPS) is 10.6. The van der Waals surface area contributed by atoms with Crippen LogP contribution in [0.1, 0.15) is 0 Å². The van der Waals surface area contributed by atoms with Crippen LogP contribution in [-0.4, -0.2) is 0 Å². The van der Waals surface area contributed by atoms with Gasteiger partial charge in [0.2, 0.25) is 0 Å². The maximum atomic E-state index is 5.15. The summed E-state index contributed by atoms with van der Waals surface area (Å²) >= 11 is 2.13. The van der Waals surface area contributed by atoms with E-state index < -0.39 is 0 Å². The fourth-order valence-electron chi connectivity index (χ4n) is 0.244. The second-order valence-corrected chi connectivity index (χ2v) is 2.67. The van der Waals surface area contributed by atoms with Gasteiger partial charge in [0.1, 0.15) is 0 Å². The van der Waals surface area contributed by atoms with Crippen LogP contribution < -0.4 is 11.5 Å². The van der Waals surface area contributed by atoms with Crippen molar-refractivity contribution in [2.45, 2.75) is 0 Å². The van der Waals surface area contributed by atoms with Crippen molar-refractivity contribution in [3.63, 3.8) is 0 Å². The van der Waals surface area contributed by atoms with Crippen molar-refractivity contribution in [3.8, 4) is 0 Å². The van der Waals surface area contributed by atoms with Crippen LogP contribution in [0.3, 0.4) is 0 Å². The summed E-state index contributed by atoms with van der Waals surface area (Å²) in [7, 11) is 0. The van der Waals surface area contributed by atoms with Crippen LogP contribution in [-0.2, 0) is 0 Å². The van der Waals surface area contributed by atoms with E-state index in [1.54, 1.807) is 18.2 Å². The summed E-state index contributed by atoms with van der Waals surface area (Å²) in [4.78, 5) is 0. The molecule has 0 aliphatic heterocycles. The van der Waals surface area contributed by atoms with E-state index in [0.717, 1.165) is 3.58 Å². The Hall–Kier alpha value is -0.450. The third kappa shape index (κ3) is 5.42. The molecule has 0 unspecified atom stereocenters. The molecule has 0 amide bonds. The Balaban J connectivity index is 3.98. The van der Waals surface area contributed by atoms with Gasteiger partial charge in [-0.2, -0.15) is 0 Å². The highest BCUT2D eigenvalue weighted by molar-refractivity contribution is 14.1. The molecule has 0 aliphatic rings. The lowest BCUT2D eigenvalue weighted by Gasteiger charge is -1.85. The molecule has 0 fully saturated rings. The summed E-state index contributed by atoms with van der Waals surface area (Å²) in [5, 5.41) is 0. The van der Waals surface area contributed by atoms with Gasteiger partial charge in [0, 0.05) is 3.58 Å². The van der Waals surface area contributed by atoms with Gasteiger partial charge in [0.15, 0.2) is 0 Å². The molecule has 0 saturated carbocycles. The summed E-state index contributed by atoms with van der Waals surface area (Å²) in [5.41, 5.74) is 10.3. The number of hydrogen-bond donors (Lipinski definition) is 2. The van der Waals surface area contributed by atoms with Gasteiger partial charge in [0.05, 0.1) is 5.82 Å². The van der Waals surface area contributed by atoms with Crippen LogP contribution in [0.15, 0.2) is 34.2 Å². The van der Waals surface area contributed by atoms with Gasteiger partial charge in [-0.25, -0.2) is 0 Å². The van der Waals surface area contributed by atoms with Gasteiger partial charge in [-0.05, 0) is 34.7 Å². The SMILES string of the molecule is C=C/C(I)=C\C=C(N)N. The van der Waals surface area contributed by atoms with E-state index in [-0.39, 0.29) is 0 Å². The van der Waals surface area contributed by atoms with Crippen LogP contribution in [0.2, 0.25) is 0 Å². The lowest BCUT2D eigenvalue weighted by atomic mass is 10.4. The molecular formula is C6H9IN2. The molecule has 9 heavy (non-hydrogen) atoms. The Kier molecular flexibility index (Phi) is 4.21. The fraction of sp³-hybridized carbons (Fsp3) is 0. The molecular weight excluding hydrogens is 227 g/mol. The average molecular weight is 236 g/mol. The number of allylic oxidation sites excluding steroid dienone is 4. The van der Waals surface area contributed by atoms with Crippen LogP contribution in [0.4, 0.5) is 0 Å². The molecule has 0 saturated heterocycles. The van der Waals surface area contributed by atoms with Crippen molar-refractivity contribution in [3.05, 3.63) is 34.2 Å². The molecule has 4 N–H and O–H groups in total. The predicted octanol–water partition coefficient (Wildman–Crippen LogP) is 1.25. The van der Waals surface area contributed by atoms with Crippen LogP contribution in [0, 0.1) is 0 Å². The van der Waals surface area contributed by atoms with E-state index in [0.29, 0.717) is 5.82 Å². The van der Waals surface area contributed by atoms with E-state index in [2.05, 4.69) is 29.2 Å². The second kappa shape index (κ2) is 4.43. The molecule has 0 radical (unpaired) electrons. The highest BCUT2D eigenvalue weighted by atomic mass is 127. The largest absolute Gasteiger partial charge is 0.386 e. The maximum absolute atomic E-state index is 5.15. The summed E-state index contributed by atoms with van der Waals surface area (Å²) < 4.78 is 1.01. The Morgan fingerprint density at radius 1 is 1.33 bits per heavy atom. The zero-order valence-corrected chi connectivity index (χ0v) is 7.13. The first kappa shape index (κ1) is 8.55. The summed E-state index contributed by atoms with van der Waals surface area (Å²) in [6, 6.07) is 0. The zero-order valence-electron chi connectivity index (χ0n) is 4.97. The Bertz CT molecular complexity index is 154. The molecule has 0 aromatic carbocycles. The molecule has 2 nitrogen and oxygen atoms in total. The standard InChI is InChI=1S/C6H9IN2/c1-2-5(7)3-4-6(8)9/h2-4H,1,8-9H2/b5-3+. The third-order valence-electron chi connectivity index (χ3n) is 0.630. The first-order valence-corrected chi connectivity index (χ1v) is 3.45. The number of halogens is 1. The number of nitrogens with two attached hydrogens (primary N) is 2. The van der Waals surface area contributed by atoms with E-state index in [1.807, 2.05) is 0 Å². The Morgan fingerprint density at radius 3 is 2.22 bits per heavy atom. The smallest absolute Gasteiger partial charge is 0.0933 e. The molecule has 0 heterocycles. The van der Waals surface area contributed by atoms with Crippen molar-refractivity contribution < 1.29 is 0 Å². The van der Waals surface area contributed by atoms with Gasteiger partial charge in [-0.1, -0.05) is 12.7 Å². The average Bonchev–Trinajstić information content (AvgIpc) is 1.83. The van der Waals surface area contributed by atoms with Crippen LogP contribution in [0.5, 0.6) is 0 Å². The van der Waals surface area contributed by atoms with Crippen LogP contribution >= 0.6 is 22.6 Å². The van der Waals surface area contributed by atoms with Gasteiger partial charge < -0.3 is 11.5 Å². The third-order valence-corrected chi connectivity index (χ3v) is 1.43. The fourth-order valence-corrected chi connectivity index (χ4v) is 0.424. The van der Waals surface area contributed by atoms with E-state index in [1.165, 1.54) is 0 Å². The number of rotatable bonds is 2. The molecule has 0 rings (SSSR count). The van der Waals surface area contributed by atoms with Crippen LogP contribution in [0.25, 0.3) is 0 Å². The van der Waals surface area contributed by atoms with Crippen molar-refractivity contribution in [1.29, 1.82) is 0 Å². The zero-order chi connectivity index (χ0) is 7.28. The van der Waals surface area contributed by atoms with Crippen molar-refractivity contribution in [1.82, 2.24) is 0 Å². The predicted molar refractivity (Wildman–Crippen MR) is 48.8 cm³/mol. The topological polar surface area (TPSA) is 52.0 Å². The molecule has 3 heteroatoms. The highest BCUT2D eigenvalue weighted by Gasteiger charge is 1.77. The lowest BCUT2D eigenvalue weighted by molar-refractivity contribution is 1.25. The van der Waals surface area contributed by atoms with E-state index in [4.69, 9.17) is 11.5 Å². The molecule has 0 bridgehead atoms. The minimum absolute atomic E-state index is 0.311. The summed E-state index contributed by atoms with van der Waals surface area (Å²) in [6.45, 7) is 3.55. The molecule has 0 atom stereocenters. The van der Waals surface area contributed by atoms with Gasteiger partial charge >= 0.3 is 0 Å². The molecule has 50 valence electrons. The first-order chi connectivity index (χ1) is 4.16.